The van der Waals surface area contributed by atoms with E-state index in [1.54, 1.807) is 28.7 Å². The molecule has 0 fully saturated rings. The first-order valence-electron chi connectivity index (χ1n) is 4.84. The van der Waals surface area contributed by atoms with E-state index in [9.17, 15) is 14.9 Å². The van der Waals surface area contributed by atoms with Crippen molar-refractivity contribution in [2.24, 2.45) is 0 Å². The van der Waals surface area contributed by atoms with E-state index < -0.39 is 4.92 Å². The summed E-state index contributed by atoms with van der Waals surface area (Å²) in [5, 5.41) is 10.9. The van der Waals surface area contributed by atoms with E-state index in [4.69, 9.17) is 4.74 Å². The summed E-state index contributed by atoms with van der Waals surface area (Å²) in [5.41, 5.74) is -0.586. The molecule has 19 heavy (non-hydrogen) atoms. The number of halogens is 2. The van der Waals surface area contributed by atoms with Crippen molar-refractivity contribution in [1.29, 1.82) is 0 Å². The molecule has 0 unspecified atom stereocenters. The first kappa shape index (κ1) is 13.9. The van der Waals surface area contributed by atoms with Gasteiger partial charge in [0.25, 0.3) is 5.56 Å². The third kappa shape index (κ3) is 3.10. The first-order chi connectivity index (χ1) is 8.99. The number of nitro benzene ring substituents is 1. The Bertz CT molecular complexity index is 703. The van der Waals surface area contributed by atoms with Crippen LogP contribution in [0.1, 0.15) is 0 Å². The van der Waals surface area contributed by atoms with E-state index in [1.165, 1.54) is 18.5 Å². The highest BCUT2D eigenvalue weighted by Crippen LogP contribution is 2.33. The van der Waals surface area contributed by atoms with Crippen LogP contribution in [0.15, 0.2) is 33.8 Å². The Morgan fingerprint density at radius 3 is 2.89 bits per heavy atom. The minimum Gasteiger partial charge on any atom is -0.430 e. The molecule has 0 saturated heterocycles. The van der Waals surface area contributed by atoms with Gasteiger partial charge in [-0.15, -0.1) is 0 Å². The summed E-state index contributed by atoms with van der Waals surface area (Å²) >= 11 is 4.90. The first-order valence-corrected chi connectivity index (χ1v) is 6.71. The van der Waals surface area contributed by atoms with Gasteiger partial charge >= 0.3 is 5.69 Å². The van der Waals surface area contributed by atoms with Crippen LogP contribution >= 0.6 is 38.5 Å². The lowest BCUT2D eigenvalue weighted by molar-refractivity contribution is -0.385. The Morgan fingerprint density at radius 1 is 1.47 bits per heavy atom. The molecule has 0 saturated carbocycles. The number of benzene rings is 1. The summed E-state index contributed by atoms with van der Waals surface area (Å²) in [6.45, 7) is 0. The van der Waals surface area contributed by atoms with E-state index >= 15 is 0 Å². The summed E-state index contributed by atoms with van der Waals surface area (Å²) in [6, 6.07) is 4.35. The number of aromatic nitrogens is 2. The standard InChI is InChI=1S/C10H5BrIN3O4/c11-5-1-2-7(6(3-5)15(17)18)19-10-8(12)9(16)13-4-14-10/h1-4H,(H,13,14,16). The number of hydrogen-bond acceptors (Lipinski definition) is 5. The Morgan fingerprint density at radius 2 is 2.21 bits per heavy atom. The van der Waals surface area contributed by atoms with Crippen molar-refractivity contribution in [3.63, 3.8) is 0 Å². The van der Waals surface area contributed by atoms with Crippen LogP contribution in [0.25, 0.3) is 0 Å². The van der Waals surface area contributed by atoms with Crippen molar-refractivity contribution < 1.29 is 9.66 Å². The summed E-state index contributed by atoms with van der Waals surface area (Å²) in [7, 11) is 0. The second-order valence-corrected chi connectivity index (χ2v) is 5.32. The normalized spacial score (nSPS) is 10.2. The van der Waals surface area contributed by atoms with Gasteiger partial charge in [0.15, 0.2) is 0 Å². The fraction of sp³-hybridized carbons (Fsp3) is 0. The molecule has 0 radical (unpaired) electrons. The molecule has 1 N–H and O–H groups in total. The SMILES string of the molecule is O=c1[nH]cnc(Oc2ccc(Br)cc2[N+](=O)[O-])c1I. The number of aromatic amines is 1. The van der Waals surface area contributed by atoms with Crippen LogP contribution in [0.4, 0.5) is 5.69 Å². The van der Waals surface area contributed by atoms with Gasteiger partial charge in [0.05, 0.1) is 11.3 Å². The fourth-order valence-electron chi connectivity index (χ4n) is 1.26. The third-order valence-electron chi connectivity index (χ3n) is 2.09. The number of nitrogens with zero attached hydrogens (tertiary/aromatic N) is 2. The highest BCUT2D eigenvalue weighted by Gasteiger charge is 2.18. The second-order valence-electron chi connectivity index (χ2n) is 3.32. The molecule has 0 bridgehead atoms. The van der Waals surface area contributed by atoms with Gasteiger partial charge in [-0.05, 0) is 34.7 Å². The van der Waals surface area contributed by atoms with Crippen LogP contribution in [-0.2, 0) is 0 Å². The van der Waals surface area contributed by atoms with E-state index in [2.05, 4.69) is 25.9 Å². The zero-order chi connectivity index (χ0) is 14.0. The maximum atomic E-state index is 11.4. The van der Waals surface area contributed by atoms with Gasteiger partial charge in [0.1, 0.15) is 3.57 Å². The maximum Gasteiger partial charge on any atom is 0.312 e. The zero-order valence-corrected chi connectivity index (χ0v) is 12.8. The molecule has 0 spiro atoms. The van der Waals surface area contributed by atoms with Crippen LogP contribution in [-0.4, -0.2) is 14.9 Å². The van der Waals surface area contributed by atoms with Gasteiger partial charge in [-0.3, -0.25) is 14.9 Å². The van der Waals surface area contributed by atoms with E-state index in [0.717, 1.165) is 0 Å². The van der Waals surface area contributed by atoms with Crippen LogP contribution in [0.3, 0.4) is 0 Å². The molecule has 0 aliphatic heterocycles. The van der Waals surface area contributed by atoms with E-state index in [0.29, 0.717) is 4.47 Å². The molecule has 0 aliphatic carbocycles. The van der Waals surface area contributed by atoms with Crippen molar-refractivity contribution in [3.8, 4) is 11.6 Å². The molecule has 0 aliphatic rings. The molecular weight excluding hydrogens is 433 g/mol. The van der Waals surface area contributed by atoms with Gasteiger partial charge in [-0.25, -0.2) is 4.98 Å². The van der Waals surface area contributed by atoms with Crippen molar-refractivity contribution in [2.75, 3.05) is 0 Å². The molecule has 1 heterocycles. The molecule has 2 aromatic rings. The molecule has 1 aromatic heterocycles. The van der Waals surface area contributed by atoms with Gasteiger partial charge in [-0.2, -0.15) is 0 Å². The minimum absolute atomic E-state index is 0.0178. The molecule has 98 valence electrons. The van der Waals surface area contributed by atoms with Crippen LogP contribution in [0.2, 0.25) is 0 Å². The molecule has 2 rings (SSSR count). The highest BCUT2D eigenvalue weighted by molar-refractivity contribution is 14.1. The Kier molecular flexibility index (Phi) is 4.14. The number of nitro groups is 1. The largest absolute Gasteiger partial charge is 0.430 e. The molecule has 9 heteroatoms. The average molecular weight is 438 g/mol. The fourth-order valence-corrected chi connectivity index (χ4v) is 2.02. The lowest BCUT2D eigenvalue weighted by atomic mass is 10.3. The molecule has 0 amide bonds. The van der Waals surface area contributed by atoms with Gasteiger partial charge in [0.2, 0.25) is 11.6 Å². The zero-order valence-electron chi connectivity index (χ0n) is 9.09. The van der Waals surface area contributed by atoms with Crippen LogP contribution in [0, 0.1) is 13.7 Å². The number of hydrogen-bond donors (Lipinski definition) is 1. The van der Waals surface area contributed by atoms with Crippen molar-refractivity contribution in [1.82, 2.24) is 9.97 Å². The summed E-state index contributed by atoms with van der Waals surface area (Å²) in [6.07, 6.45) is 1.17. The van der Waals surface area contributed by atoms with Crippen molar-refractivity contribution in [2.45, 2.75) is 0 Å². The van der Waals surface area contributed by atoms with E-state index in [1.807, 2.05) is 0 Å². The smallest absolute Gasteiger partial charge is 0.312 e. The van der Waals surface area contributed by atoms with Crippen LogP contribution < -0.4 is 10.3 Å². The molecular formula is C10H5BrIN3O4. The monoisotopic (exact) mass is 437 g/mol. The summed E-state index contributed by atoms with van der Waals surface area (Å²) in [4.78, 5) is 28.0. The third-order valence-corrected chi connectivity index (χ3v) is 3.53. The topological polar surface area (TPSA) is 98.1 Å². The van der Waals surface area contributed by atoms with Crippen molar-refractivity contribution in [3.05, 3.63) is 53.0 Å². The quantitative estimate of drug-likeness (QED) is 0.452. The highest BCUT2D eigenvalue weighted by atomic mass is 127. The van der Waals surface area contributed by atoms with Gasteiger partial charge in [-0.1, -0.05) is 15.9 Å². The van der Waals surface area contributed by atoms with Crippen molar-refractivity contribution >= 4 is 44.2 Å². The van der Waals surface area contributed by atoms with Crippen LogP contribution in [0.5, 0.6) is 11.6 Å². The average Bonchev–Trinajstić information content (AvgIpc) is 2.36. The number of ether oxygens (including phenoxy) is 1. The van der Waals surface area contributed by atoms with Gasteiger partial charge < -0.3 is 9.72 Å². The minimum atomic E-state index is -0.569. The molecule has 1 aromatic carbocycles. The lowest BCUT2D eigenvalue weighted by Gasteiger charge is -2.06. The second kappa shape index (κ2) is 5.65. The number of rotatable bonds is 3. The maximum absolute atomic E-state index is 11.4. The Hall–Kier alpha value is -1.49. The van der Waals surface area contributed by atoms with E-state index in [-0.39, 0.29) is 26.4 Å². The number of H-pyrrole nitrogens is 1. The lowest BCUT2D eigenvalue weighted by Crippen LogP contribution is -2.11. The predicted octanol–water partition coefficient (Wildman–Crippen LogP) is 2.84. The molecule has 0 atom stereocenters. The number of nitrogens with one attached hydrogen (secondary N) is 1. The Balaban J connectivity index is 2.46. The summed E-state index contributed by atoms with van der Waals surface area (Å²) in [5.74, 6) is 0.0407. The summed E-state index contributed by atoms with van der Waals surface area (Å²) < 4.78 is 6.11. The predicted molar refractivity (Wildman–Crippen MR) is 78.4 cm³/mol. The Labute approximate surface area is 128 Å². The molecule has 7 nitrogen and oxygen atoms in total. The van der Waals surface area contributed by atoms with Gasteiger partial charge in [0, 0.05) is 10.5 Å².